The summed E-state index contributed by atoms with van der Waals surface area (Å²) in [7, 11) is 1.99. The van der Waals surface area contributed by atoms with E-state index in [1.54, 1.807) is 17.4 Å². The quantitative estimate of drug-likeness (QED) is 0.912. The van der Waals surface area contributed by atoms with Crippen LogP contribution in [0.3, 0.4) is 0 Å². The van der Waals surface area contributed by atoms with E-state index in [-0.39, 0.29) is 11.1 Å². The molecule has 0 bridgehead atoms. The molecule has 0 spiro atoms. The van der Waals surface area contributed by atoms with Gasteiger partial charge in [0.2, 0.25) is 0 Å². The van der Waals surface area contributed by atoms with Gasteiger partial charge in [-0.3, -0.25) is 4.90 Å². The van der Waals surface area contributed by atoms with Gasteiger partial charge in [0.1, 0.15) is 5.82 Å². The monoisotopic (exact) mass is 298 g/mol. The van der Waals surface area contributed by atoms with Crippen LogP contribution < -0.4 is 5.73 Å². The molecule has 1 heterocycles. The molecule has 1 aromatic heterocycles. The van der Waals surface area contributed by atoms with Crippen molar-refractivity contribution >= 4 is 22.9 Å². The van der Waals surface area contributed by atoms with Crippen LogP contribution in [0.4, 0.5) is 4.39 Å². The van der Waals surface area contributed by atoms with Crippen LogP contribution in [0.2, 0.25) is 5.02 Å². The van der Waals surface area contributed by atoms with Crippen molar-refractivity contribution in [1.82, 2.24) is 4.90 Å². The summed E-state index contributed by atoms with van der Waals surface area (Å²) >= 11 is 7.41. The van der Waals surface area contributed by atoms with Gasteiger partial charge < -0.3 is 5.73 Å². The second kappa shape index (κ2) is 6.48. The standard InChI is InChI=1S/C14H16ClFN2S/c1-18(9-11-3-2-6-19-11)14(8-17)10-4-5-12(15)13(16)7-10/h2-7,14H,8-9,17H2,1H3. The molecule has 2 aromatic rings. The Labute approximate surface area is 121 Å². The number of benzene rings is 1. The lowest BCUT2D eigenvalue weighted by molar-refractivity contribution is 0.243. The van der Waals surface area contributed by atoms with Crippen molar-refractivity contribution < 1.29 is 4.39 Å². The van der Waals surface area contributed by atoms with Crippen molar-refractivity contribution in [3.8, 4) is 0 Å². The summed E-state index contributed by atoms with van der Waals surface area (Å²) < 4.78 is 13.5. The highest BCUT2D eigenvalue weighted by Crippen LogP contribution is 2.25. The van der Waals surface area contributed by atoms with E-state index in [1.165, 1.54) is 10.9 Å². The Morgan fingerprint density at radius 3 is 2.79 bits per heavy atom. The number of rotatable bonds is 5. The normalized spacial score (nSPS) is 12.9. The van der Waals surface area contributed by atoms with Crippen LogP contribution in [-0.2, 0) is 6.54 Å². The van der Waals surface area contributed by atoms with Crippen molar-refractivity contribution in [3.05, 3.63) is 57.0 Å². The summed E-state index contributed by atoms with van der Waals surface area (Å²) in [6, 6.07) is 8.95. The third-order valence-electron chi connectivity index (χ3n) is 3.07. The minimum absolute atomic E-state index is 0.0196. The molecule has 0 fully saturated rings. The van der Waals surface area contributed by atoms with Gasteiger partial charge in [-0.2, -0.15) is 0 Å². The zero-order chi connectivity index (χ0) is 13.8. The van der Waals surface area contributed by atoms with Crippen molar-refractivity contribution in [2.24, 2.45) is 5.73 Å². The lowest BCUT2D eigenvalue weighted by Gasteiger charge is -2.27. The largest absolute Gasteiger partial charge is 0.329 e. The van der Waals surface area contributed by atoms with Crippen LogP contribution in [0, 0.1) is 5.82 Å². The van der Waals surface area contributed by atoms with E-state index < -0.39 is 5.82 Å². The van der Waals surface area contributed by atoms with Crippen LogP contribution >= 0.6 is 22.9 Å². The molecule has 0 saturated carbocycles. The molecule has 0 radical (unpaired) electrons. The average molecular weight is 299 g/mol. The van der Waals surface area contributed by atoms with E-state index in [1.807, 2.05) is 24.6 Å². The van der Waals surface area contributed by atoms with Crippen LogP contribution in [-0.4, -0.2) is 18.5 Å². The topological polar surface area (TPSA) is 29.3 Å². The van der Waals surface area contributed by atoms with Crippen LogP contribution in [0.1, 0.15) is 16.5 Å². The van der Waals surface area contributed by atoms with E-state index in [2.05, 4.69) is 11.0 Å². The second-order valence-corrected chi connectivity index (χ2v) is 5.86. The van der Waals surface area contributed by atoms with Gasteiger partial charge in [0, 0.05) is 24.0 Å². The summed E-state index contributed by atoms with van der Waals surface area (Å²) in [4.78, 5) is 3.38. The molecule has 0 amide bonds. The van der Waals surface area contributed by atoms with Crippen molar-refractivity contribution in [2.75, 3.05) is 13.6 Å². The fraction of sp³-hybridized carbons (Fsp3) is 0.286. The van der Waals surface area contributed by atoms with E-state index in [0.717, 1.165) is 12.1 Å². The number of halogens is 2. The molecule has 1 unspecified atom stereocenters. The van der Waals surface area contributed by atoms with Gasteiger partial charge in [-0.05, 0) is 36.2 Å². The first-order valence-electron chi connectivity index (χ1n) is 5.99. The summed E-state index contributed by atoms with van der Waals surface area (Å²) in [5, 5.41) is 2.18. The third kappa shape index (κ3) is 3.54. The minimum Gasteiger partial charge on any atom is -0.329 e. The molecule has 19 heavy (non-hydrogen) atoms. The fourth-order valence-electron chi connectivity index (χ4n) is 2.05. The molecule has 0 saturated heterocycles. The number of likely N-dealkylation sites (N-methyl/N-ethyl adjacent to an activating group) is 1. The average Bonchev–Trinajstić information content (AvgIpc) is 2.87. The van der Waals surface area contributed by atoms with Crippen LogP contribution in [0.25, 0.3) is 0 Å². The molecule has 0 aliphatic carbocycles. The maximum atomic E-state index is 13.5. The molecular formula is C14H16ClFN2S. The highest BCUT2D eigenvalue weighted by Gasteiger charge is 2.17. The van der Waals surface area contributed by atoms with E-state index in [0.29, 0.717) is 6.54 Å². The summed E-state index contributed by atoms with van der Waals surface area (Å²) in [6.07, 6.45) is 0. The molecule has 102 valence electrons. The molecule has 1 aromatic carbocycles. The molecule has 1 atom stereocenters. The number of thiophene rings is 1. The predicted molar refractivity (Wildman–Crippen MR) is 79.0 cm³/mol. The Hall–Kier alpha value is -0.940. The Morgan fingerprint density at radius 2 is 2.21 bits per heavy atom. The van der Waals surface area contributed by atoms with Gasteiger partial charge in [-0.1, -0.05) is 23.7 Å². The van der Waals surface area contributed by atoms with Gasteiger partial charge in [0.25, 0.3) is 0 Å². The molecule has 2 N–H and O–H groups in total. The number of nitrogens with zero attached hydrogens (tertiary/aromatic N) is 1. The maximum Gasteiger partial charge on any atom is 0.142 e. The second-order valence-electron chi connectivity index (χ2n) is 4.42. The van der Waals surface area contributed by atoms with E-state index in [9.17, 15) is 4.39 Å². The molecule has 0 aliphatic rings. The van der Waals surface area contributed by atoms with Crippen LogP contribution in [0.5, 0.6) is 0 Å². The summed E-state index contributed by atoms with van der Waals surface area (Å²) in [5.74, 6) is -0.401. The van der Waals surface area contributed by atoms with Gasteiger partial charge in [0.15, 0.2) is 0 Å². The molecule has 0 aliphatic heterocycles. The minimum atomic E-state index is -0.401. The Morgan fingerprint density at radius 1 is 1.42 bits per heavy atom. The number of hydrogen-bond donors (Lipinski definition) is 1. The molecule has 2 nitrogen and oxygen atoms in total. The highest BCUT2D eigenvalue weighted by molar-refractivity contribution is 7.09. The Balaban J connectivity index is 2.16. The van der Waals surface area contributed by atoms with E-state index in [4.69, 9.17) is 17.3 Å². The number of nitrogens with two attached hydrogens (primary N) is 1. The van der Waals surface area contributed by atoms with Crippen molar-refractivity contribution in [1.29, 1.82) is 0 Å². The highest BCUT2D eigenvalue weighted by atomic mass is 35.5. The zero-order valence-corrected chi connectivity index (χ0v) is 12.2. The predicted octanol–water partition coefficient (Wildman–Crippen LogP) is 3.67. The lowest BCUT2D eigenvalue weighted by Crippen LogP contribution is -2.30. The van der Waals surface area contributed by atoms with E-state index >= 15 is 0 Å². The SMILES string of the molecule is CN(Cc1cccs1)C(CN)c1ccc(Cl)c(F)c1. The summed E-state index contributed by atoms with van der Waals surface area (Å²) in [6.45, 7) is 1.23. The first-order chi connectivity index (χ1) is 9.11. The maximum absolute atomic E-state index is 13.5. The van der Waals surface area contributed by atoms with Gasteiger partial charge in [-0.15, -0.1) is 11.3 Å². The molecule has 5 heteroatoms. The zero-order valence-electron chi connectivity index (χ0n) is 10.6. The molecular weight excluding hydrogens is 283 g/mol. The smallest absolute Gasteiger partial charge is 0.142 e. The van der Waals surface area contributed by atoms with Crippen LogP contribution in [0.15, 0.2) is 35.7 Å². The fourth-order valence-corrected chi connectivity index (χ4v) is 2.93. The lowest BCUT2D eigenvalue weighted by atomic mass is 10.1. The van der Waals surface area contributed by atoms with Gasteiger partial charge >= 0.3 is 0 Å². The molecule has 2 rings (SSSR count). The Kier molecular flexibility index (Phi) is 4.93. The first kappa shape index (κ1) is 14.5. The van der Waals surface area contributed by atoms with Crippen molar-refractivity contribution in [2.45, 2.75) is 12.6 Å². The van der Waals surface area contributed by atoms with Gasteiger partial charge in [-0.25, -0.2) is 4.39 Å². The van der Waals surface area contributed by atoms with Crippen molar-refractivity contribution in [3.63, 3.8) is 0 Å². The summed E-state index contributed by atoms with van der Waals surface area (Å²) in [5.41, 5.74) is 6.68. The third-order valence-corrected chi connectivity index (χ3v) is 4.24. The Bertz CT molecular complexity index is 530. The van der Waals surface area contributed by atoms with Gasteiger partial charge in [0.05, 0.1) is 5.02 Å². The number of hydrogen-bond acceptors (Lipinski definition) is 3. The first-order valence-corrected chi connectivity index (χ1v) is 7.25.